The first-order valence-electron chi connectivity index (χ1n) is 6.02. The van der Waals surface area contributed by atoms with Crippen LogP contribution in [0.15, 0.2) is 0 Å². The summed E-state index contributed by atoms with van der Waals surface area (Å²) in [7, 11) is 0. The summed E-state index contributed by atoms with van der Waals surface area (Å²) >= 11 is 0. The lowest BCUT2D eigenvalue weighted by Gasteiger charge is -2.36. The molecule has 2 aliphatic rings. The maximum absolute atomic E-state index is 12.4. The van der Waals surface area contributed by atoms with E-state index in [1.807, 2.05) is 25.7 Å². The number of rotatable bonds is 0. The summed E-state index contributed by atoms with van der Waals surface area (Å²) in [5, 5.41) is 0. The molecule has 0 saturated carbocycles. The SMILES string of the molecule is CC(C)(C)N1CCC(=O)N2CCCC2C1=O. The van der Waals surface area contributed by atoms with Crippen LogP contribution < -0.4 is 0 Å². The van der Waals surface area contributed by atoms with Crippen LogP contribution in [0.4, 0.5) is 0 Å². The normalized spacial score (nSPS) is 27.1. The summed E-state index contributed by atoms with van der Waals surface area (Å²) in [5.74, 6) is 0.276. The Morgan fingerprint density at radius 3 is 2.50 bits per heavy atom. The standard InChI is InChI=1S/C12H20N2O2/c1-12(2,3)14-8-6-10(15)13-7-4-5-9(13)11(14)16/h9H,4-8H2,1-3H3. The molecule has 2 rings (SSSR count). The van der Waals surface area contributed by atoms with Crippen LogP contribution >= 0.6 is 0 Å². The molecule has 2 fully saturated rings. The Labute approximate surface area is 96.6 Å². The van der Waals surface area contributed by atoms with Gasteiger partial charge in [-0.1, -0.05) is 0 Å². The lowest BCUT2D eigenvalue weighted by atomic mass is 10.0. The van der Waals surface area contributed by atoms with Gasteiger partial charge in [-0.15, -0.1) is 0 Å². The van der Waals surface area contributed by atoms with Crippen LogP contribution in [0.2, 0.25) is 0 Å². The Morgan fingerprint density at radius 1 is 1.19 bits per heavy atom. The highest BCUT2D eigenvalue weighted by molar-refractivity contribution is 5.90. The van der Waals surface area contributed by atoms with Gasteiger partial charge in [-0.25, -0.2) is 0 Å². The van der Waals surface area contributed by atoms with E-state index in [0.717, 1.165) is 19.4 Å². The van der Waals surface area contributed by atoms with E-state index in [1.54, 1.807) is 4.90 Å². The summed E-state index contributed by atoms with van der Waals surface area (Å²) < 4.78 is 0. The number of hydrogen-bond donors (Lipinski definition) is 0. The first-order valence-corrected chi connectivity index (χ1v) is 6.02. The molecule has 16 heavy (non-hydrogen) atoms. The van der Waals surface area contributed by atoms with E-state index < -0.39 is 0 Å². The first-order chi connectivity index (χ1) is 7.41. The second kappa shape index (κ2) is 3.75. The van der Waals surface area contributed by atoms with Crippen LogP contribution in [0.25, 0.3) is 0 Å². The molecule has 0 spiro atoms. The summed E-state index contributed by atoms with van der Waals surface area (Å²) in [4.78, 5) is 27.8. The Bertz CT molecular complexity index is 319. The number of hydrogen-bond acceptors (Lipinski definition) is 2. The van der Waals surface area contributed by atoms with Gasteiger partial charge in [0, 0.05) is 25.0 Å². The van der Waals surface area contributed by atoms with E-state index in [4.69, 9.17) is 0 Å². The van der Waals surface area contributed by atoms with Crippen LogP contribution in [-0.2, 0) is 9.59 Å². The van der Waals surface area contributed by atoms with Crippen molar-refractivity contribution in [2.75, 3.05) is 13.1 Å². The fourth-order valence-electron chi connectivity index (χ4n) is 2.63. The highest BCUT2D eigenvalue weighted by Crippen LogP contribution is 2.27. The van der Waals surface area contributed by atoms with Crippen LogP contribution in [0.1, 0.15) is 40.0 Å². The molecule has 0 aromatic heterocycles. The third-order valence-corrected chi connectivity index (χ3v) is 3.48. The van der Waals surface area contributed by atoms with E-state index in [9.17, 15) is 9.59 Å². The van der Waals surface area contributed by atoms with Gasteiger partial charge >= 0.3 is 0 Å². The third-order valence-electron chi connectivity index (χ3n) is 3.48. The predicted molar refractivity (Wildman–Crippen MR) is 60.8 cm³/mol. The molecule has 4 heteroatoms. The van der Waals surface area contributed by atoms with Crippen molar-refractivity contribution in [3.8, 4) is 0 Å². The van der Waals surface area contributed by atoms with Crippen molar-refractivity contribution in [1.82, 2.24) is 9.80 Å². The summed E-state index contributed by atoms with van der Waals surface area (Å²) in [6.07, 6.45) is 2.26. The Morgan fingerprint density at radius 2 is 1.88 bits per heavy atom. The predicted octanol–water partition coefficient (Wildman–Crippen LogP) is 1.01. The smallest absolute Gasteiger partial charge is 0.245 e. The van der Waals surface area contributed by atoms with Gasteiger partial charge in [0.05, 0.1) is 0 Å². The molecule has 2 aliphatic heterocycles. The average Bonchev–Trinajstić information content (AvgIpc) is 2.59. The lowest BCUT2D eigenvalue weighted by molar-refractivity contribution is -0.142. The second-order valence-corrected chi connectivity index (χ2v) is 5.66. The molecule has 0 aromatic rings. The van der Waals surface area contributed by atoms with Crippen LogP contribution in [0.3, 0.4) is 0 Å². The second-order valence-electron chi connectivity index (χ2n) is 5.66. The first kappa shape index (κ1) is 11.4. The molecular formula is C12H20N2O2. The minimum absolute atomic E-state index is 0.135. The number of fused-ring (bicyclic) bond motifs is 1. The topological polar surface area (TPSA) is 40.6 Å². The van der Waals surface area contributed by atoms with E-state index in [1.165, 1.54) is 0 Å². The molecule has 0 aromatic carbocycles. The zero-order valence-corrected chi connectivity index (χ0v) is 10.3. The Hall–Kier alpha value is -1.06. The van der Waals surface area contributed by atoms with Gasteiger partial charge in [0.25, 0.3) is 0 Å². The fourth-order valence-corrected chi connectivity index (χ4v) is 2.63. The molecule has 0 radical (unpaired) electrons. The minimum atomic E-state index is -0.186. The van der Waals surface area contributed by atoms with Crippen molar-refractivity contribution in [2.24, 2.45) is 0 Å². The van der Waals surface area contributed by atoms with Crippen molar-refractivity contribution in [1.29, 1.82) is 0 Å². The molecule has 1 atom stereocenters. The minimum Gasteiger partial charge on any atom is -0.336 e. The number of carbonyl (C=O) groups excluding carboxylic acids is 2. The molecule has 0 aliphatic carbocycles. The van der Waals surface area contributed by atoms with Gasteiger partial charge in [0.15, 0.2) is 0 Å². The Balaban J connectivity index is 2.26. The van der Waals surface area contributed by atoms with Crippen molar-refractivity contribution in [3.05, 3.63) is 0 Å². The van der Waals surface area contributed by atoms with Crippen molar-refractivity contribution in [2.45, 2.75) is 51.6 Å². The van der Waals surface area contributed by atoms with Gasteiger partial charge in [-0.3, -0.25) is 9.59 Å². The van der Waals surface area contributed by atoms with Crippen LogP contribution in [0.5, 0.6) is 0 Å². The van der Waals surface area contributed by atoms with Crippen molar-refractivity contribution >= 4 is 11.8 Å². The molecule has 1 unspecified atom stereocenters. The van der Waals surface area contributed by atoms with Gasteiger partial charge < -0.3 is 9.80 Å². The molecule has 2 saturated heterocycles. The van der Waals surface area contributed by atoms with Gasteiger partial charge in [-0.05, 0) is 33.6 Å². The molecule has 0 bridgehead atoms. The molecule has 0 N–H and O–H groups in total. The van der Waals surface area contributed by atoms with Gasteiger partial charge in [0.1, 0.15) is 6.04 Å². The van der Waals surface area contributed by atoms with Crippen molar-refractivity contribution in [3.63, 3.8) is 0 Å². The van der Waals surface area contributed by atoms with E-state index in [0.29, 0.717) is 13.0 Å². The van der Waals surface area contributed by atoms with E-state index >= 15 is 0 Å². The third kappa shape index (κ3) is 1.81. The molecule has 2 amide bonds. The maximum atomic E-state index is 12.4. The lowest BCUT2D eigenvalue weighted by Crippen LogP contribution is -2.51. The summed E-state index contributed by atoms with van der Waals surface area (Å²) in [6.45, 7) is 7.40. The average molecular weight is 224 g/mol. The molecular weight excluding hydrogens is 204 g/mol. The van der Waals surface area contributed by atoms with Gasteiger partial charge in [-0.2, -0.15) is 0 Å². The largest absolute Gasteiger partial charge is 0.336 e. The van der Waals surface area contributed by atoms with E-state index in [2.05, 4.69) is 0 Å². The number of nitrogens with zero attached hydrogens (tertiary/aromatic N) is 2. The summed E-state index contributed by atoms with van der Waals surface area (Å²) in [6, 6.07) is -0.186. The molecule has 4 nitrogen and oxygen atoms in total. The fraction of sp³-hybridized carbons (Fsp3) is 0.833. The highest BCUT2D eigenvalue weighted by atomic mass is 16.2. The zero-order chi connectivity index (χ0) is 11.9. The maximum Gasteiger partial charge on any atom is 0.245 e. The van der Waals surface area contributed by atoms with Gasteiger partial charge in [0.2, 0.25) is 11.8 Å². The molecule has 2 heterocycles. The number of carbonyl (C=O) groups is 2. The van der Waals surface area contributed by atoms with Crippen molar-refractivity contribution < 1.29 is 9.59 Å². The van der Waals surface area contributed by atoms with E-state index in [-0.39, 0.29) is 23.4 Å². The number of amides is 2. The van der Waals surface area contributed by atoms with Crippen LogP contribution in [0, 0.1) is 0 Å². The monoisotopic (exact) mass is 224 g/mol. The zero-order valence-electron chi connectivity index (χ0n) is 10.3. The van der Waals surface area contributed by atoms with Crippen LogP contribution in [-0.4, -0.2) is 46.3 Å². The highest BCUT2D eigenvalue weighted by Gasteiger charge is 2.42. The summed E-state index contributed by atoms with van der Waals surface area (Å²) in [5.41, 5.74) is -0.185. The Kier molecular flexibility index (Phi) is 2.68. The molecule has 90 valence electrons. The quantitative estimate of drug-likeness (QED) is 0.616.